The van der Waals surface area contributed by atoms with Crippen molar-refractivity contribution in [3.63, 3.8) is 0 Å². The molecule has 3 nitrogen and oxygen atoms in total. The fourth-order valence-corrected chi connectivity index (χ4v) is 2.23. The van der Waals surface area contributed by atoms with E-state index in [0.29, 0.717) is 5.15 Å². The number of rotatable bonds is 4. The van der Waals surface area contributed by atoms with Gasteiger partial charge in [-0.1, -0.05) is 35.9 Å². The van der Waals surface area contributed by atoms with Crippen LogP contribution in [0.15, 0.2) is 24.3 Å². The maximum absolute atomic E-state index is 6.38. The van der Waals surface area contributed by atoms with Crippen LogP contribution in [-0.2, 0) is 13.5 Å². The highest BCUT2D eigenvalue weighted by molar-refractivity contribution is 6.32. The van der Waals surface area contributed by atoms with Gasteiger partial charge in [0, 0.05) is 25.6 Å². The number of likely N-dealkylation sites (N-methyl/N-ethyl adjacent to an activating group) is 1. The fraction of sp³-hybridized carbons (Fsp3) is 0.357. The summed E-state index contributed by atoms with van der Waals surface area (Å²) in [7, 11) is 3.90. The Kier molecular flexibility index (Phi) is 4.04. The van der Waals surface area contributed by atoms with E-state index in [1.165, 1.54) is 5.56 Å². The van der Waals surface area contributed by atoms with E-state index in [4.69, 9.17) is 11.6 Å². The van der Waals surface area contributed by atoms with Crippen molar-refractivity contribution in [3.05, 3.63) is 40.8 Å². The molecule has 4 heteroatoms. The molecule has 1 heterocycles. The highest BCUT2D eigenvalue weighted by Crippen LogP contribution is 2.29. The largest absolute Gasteiger partial charge is 0.322 e. The lowest BCUT2D eigenvalue weighted by atomic mass is 10.1. The van der Waals surface area contributed by atoms with Gasteiger partial charge >= 0.3 is 0 Å². The average Bonchev–Trinajstić information content (AvgIpc) is 2.65. The molecule has 0 spiro atoms. The lowest BCUT2D eigenvalue weighted by Crippen LogP contribution is -2.13. The summed E-state index contributed by atoms with van der Waals surface area (Å²) in [6, 6.07) is 8.18. The molecule has 0 unspecified atom stereocenters. The Balaban J connectivity index is 2.43. The highest BCUT2D eigenvalue weighted by Gasteiger charge is 2.15. The first-order valence-corrected chi connectivity index (χ1v) is 6.44. The van der Waals surface area contributed by atoms with Gasteiger partial charge in [-0.2, -0.15) is 0 Å². The van der Waals surface area contributed by atoms with Crippen LogP contribution in [0.4, 0.5) is 0 Å². The maximum Gasteiger partial charge on any atom is 0.136 e. The molecule has 0 aliphatic heterocycles. The van der Waals surface area contributed by atoms with Gasteiger partial charge in [0.25, 0.3) is 0 Å². The van der Waals surface area contributed by atoms with E-state index in [1.807, 2.05) is 30.8 Å². The van der Waals surface area contributed by atoms with Crippen LogP contribution in [0.3, 0.4) is 0 Å². The Labute approximate surface area is 113 Å². The minimum Gasteiger partial charge on any atom is -0.322 e. The lowest BCUT2D eigenvalue weighted by molar-refractivity contribution is 0.718. The second-order valence-electron chi connectivity index (χ2n) is 4.39. The van der Waals surface area contributed by atoms with E-state index in [-0.39, 0.29) is 0 Å². The summed E-state index contributed by atoms with van der Waals surface area (Å²) >= 11 is 6.38. The summed E-state index contributed by atoms with van der Waals surface area (Å²) in [5, 5.41) is 3.83. The van der Waals surface area contributed by atoms with Crippen molar-refractivity contribution >= 4 is 11.6 Å². The monoisotopic (exact) mass is 263 g/mol. The minimum atomic E-state index is 0.704. The van der Waals surface area contributed by atoms with E-state index in [0.717, 1.165) is 30.0 Å². The van der Waals surface area contributed by atoms with Gasteiger partial charge in [-0.15, -0.1) is 0 Å². The van der Waals surface area contributed by atoms with Crippen LogP contribution in [0, 0.1) is 6.92 Å². The molecule has 2 aromatic rings. The number of benzene rings is 1. The molecule has 1 aromatic heterocycles. The standard InChI is InChI=1S/C14H18ClN3/c1-10-6-4-5-7-11(10)13-14(15)18(3)12(17-13)8-9-16-2/h4-7,16H,8-9H2,1-3H3. The van der Waals surface area contributed by atoms with Gasteiger partial charge in [0.1, 0.15) is 16.7 Å². The van der Waals surface area contributed by atoms with Gasteiger partial charge in [-0.3, -0.25) is 0 Å². The number of hydrogen-bond acceptors (Lipinski definition) is 2. The third kappa shape index (κ3) is 2.42. The van der Waals surface area contributed by atoms with E-state index in [1.54, 1.807) is 0 Å². The average molecular weight is 264 g/mol. The molecular weight excluding hydrogens is 246 g/mol. The van der Waals surface area contributed by atoms with Crippen molar-refractivity contribution in [2.24, 2.45) is 7.05 Å². The Morgan fingerprint density at radius 2 is 2.06 bits per heavy atom. The van der Waals surface area contributed by atoms with Gasteiger partial charge in [-0.05, 0) is 19.5 Å². The molecule has 18 heavy (non-hydrogen) atoms. The molecule has 0 atom stereocenters. The van der Waals surface area contributed by atoms with Crippen molar-refractivity contribution in [2.75, 3.05) is 13.6 Å². The zero-order valence-electron chi connectivity index (χ0n) is 11.0. The molecule has 96 valence electrons. The van der Waals surface area contributed by atoms with Crippen LogP contribution in [0.1, 0.15) is 11.4 Å². The Morgan fingerprint density at radius 1 is 1.33 bits per heavy atom. The molecule has 0 bridgehead atoms. The Bertz CT molecular complexity index is 546. The number of nitrogens with one attached hydrogen (secondary N) is 1. The summed E-state index contributed by atoms with van der Waals surface area (Å²) in [6.07, 6.45) is 0.874. The number of halogens is 1. The zero-order valence-corrected chi connectivity index (χ0v) is 11.8. The van der Waals surface area contributed by atoms with Crippen LogP contribution in [0.2, 0.25) is 5.15 Å². The smallest absolute Gasteiger partial charge is 0.136 e. The number of imidazole rings is 1. The number of aryl methyl sites for hydroxylation is 1. The van der Waals surface area contributed by atoms with Gasteiger partial charge in [0.05, 0.1) is 0 Å². The Hall–Kier alpha value is -1.32. The normalized spacial score (nSPS) is 10.9. The van der Waals surface area contributed by atoms with Crippen molar-refractivity contribution in [1.82, 2.24) is 14.9 Å². The first-order chi connectivity index (χ1) is 8.65. The predicted octanol–water partition coefficient (Wildman–Crippen LogP) is 2.81. The third-order valence-electron chi connectivity index (χ3n) is 3.12. The first kappa shape index (κ1) is 13.1. The van der Waals surface area contributed by atoms with Crippen molar-refractivity contribution < 1.29 is 0 Å². The molecule has 0 aliphatic rings. The van der Waals surface area contributed by atoms with Crippen molar-refractivity contribution in [3.8, 4) is 11.3 Å². The molecule has 0 fully saturated rings. The third-order valence-corrected chi connectivity index (χ3v) is 3.55. The van der Waals surface area contributed by atoms with Crippen LogP contribution < -0.4 is 5.32 Å². The molecule has 1 aromatic carbocycles. The van der Waals surface area contributed by atoms with Crippen LogP contribution >= 0.6 is 11.6 Å². The van der Waals surface area contributed by atoms with Crippen LogP contribution in [-0.4, -0.2) is 23.1 Å². The summed E-state index contributed by atoms with van der Waals surface area (Å²) in [4.78, 5) is 4.67. The SMILES string of the molecule is CNCCc1nc(-c2ccccc2C)c(Cl)n1C. The molecule has 0 aliphatic carbocycles. The van der Waals surface area contributed by atoms with E-state index >= 15 is 0 Å². The first-order valence-electron chi connectivity index (χ1n) is 6.07. The van der Waals surface area contributed by atoms with Gasteiger partial charge in [0.15, 0.2) is 0 Å². The fourth-order valence-electron chi connectivity index (χ4n) is 1.99. The minimum absolute atomic E-state index is 0.704. The van der Waals surface area contributed by atoms with Crippen LogP contribution in [0.25, 0.3) is 11.3 Å². The van der Waals surface area contributed by atoms with Gasteiger partial charge in [-0.25, -0.2) is 4.98 Å². The molecule has 0 amide bonds. The summed E-state index contributed by atoms with van der Waals surface area (Å²) in [5.74, 6) is 1.01. The molecule has 0 saturated carbocycles. The summed E-state index contributed by atoms with van der Waals surface area (Å²) < 4.78 is 1.96. The molecule has 1 N–H and O–H groups in total. The summed E-state index contributed by atoms with van der Waals surface area (Å²) in [5.41, 5.74) is 3.18. The number of aromatic nitrogens is 2. The second kappa shape index (κ2) is 5.55. The number of hydrogen-bond donors (Lipinski definition) is 1. The zero-order chi connectivity index (χ0) is 13.1. The van der Waals surface area contributed by atoms with Crippen LogP contribution in [0.5, 0.6) is 0 Å². The molecule has 2 rings (SSSR count). The van der Waals surface area contributed by atoms with E-state index < -0.39 is 0 Å². The second-order valence-corrected chi connectivity index (χ2v) is 4.75. The predicted molar refractivity (Wildman–Crippen MR) is 76.0 cm³/mol. The summed E-state index contributed by atoms with van der Waals surface area (Å²) in [6.45, 7) is 2.97. The van der Waals surface area contributed by atoms with Gasteiger partial charge in [0.2, 0.25) is 0 Å². The quantitative estimate of drug-likeness (QED) is 0.919. The number of nitrogens with zero attached hydrogens (tertiary/aromatic N) is 2. The maximum atomic E-state index is 6.38. The topological polar surface area (TPSA) is 29.9 Å². The van der Waals surface area contributed by atoms with E-state index in [9.17, 15) is 0 Å². The molecular formula is C14H18ClN3. The van der Waals surface area contributed by atoms with Crippen molar-refractivity contribution in [2.45, 2.75) is 13.3 Å². The lowest BCUT2D eigenvalue weighted by Gasteiger charge is -2.02. The van der Waals surface area contributed by atoms with Gasteiger partial charge < -0.3 is 9.88 Å². The van der Waals surface area contributed by atoms with Crippen molar-refractivity contribution in [1.29, 1.82) is 0 Å². The Morgan fingerprint density at radius 3 is 2.72 bits per heavy atom. The van der Waals surface area contributed by atoms with E-state index in [2.05, 4.69) is 29.4 Å². The molecule has 0 radical (unpaired) electrons. The molecule has 0 saturated heterocycles. The highest BCUT2D eigenvalue weighted by atomic mass is 35.5.